The second-order valence-corrected chi connectivity index (χ2v) is 6.16. The van der Waals surface area contributed by atoms with Gasteiger partial charge in [0.25, 0.3) is 5.69 Å². The first-order valence-corrected chi connectivity index (χ1v) is 8.70. The summed E-state index contributed by atoms with van der Waals surface area (Å²) in [7, 11) is 0. The topological polar surface area (TPSA) is 69.4 Å². The van der Waals surface area contributed by atoms with Crippen LogP contribution in [0.25, 0.3) is 16.8 Å². The summed E-state index contributed by atoms with van der Waals surface area (Å²) in [6.07, 6.45) is 3.06. The van der Waals surface area contributed by atoms with Crippen LogP contribution in [0, 0.1) is 10.1 Å². The highest BCUT2D eigenvalue weighted by atomic mass is 35.5. The highest BCUT2D eigenvalue weighted by Gasteiger charge is 2.15. The average molecular weight is 382 g/mol. The highest BCUT2D eigenvalue weighted by Crippen LogP contribution is 2.30. The summed E-state index contributed by atoms with van der Waals surface area (Å²) in [5.41, 5.74) is 0.684. The summed E-state index contributed by atoms with van der Waals surface area (Å²) in [6.45, 7) is 2.39. The van der Waals surface area contributed by atoms with Gasteiger partial charge in [0, 0.05) is 17.2 Å². The molecule has 6 heteroatoms. The Hall–Kier alpha value is -3.18. The molecule has 0 unspecified atom stereocenters. The van der Waals surface area contributed by atoms with Gasteiger partial charge < -0.3 is 4.74 Å². The van der Waals surface area contributed by atoms with Crippen molar-refractivity contribution in [2.24, 2.45) is 0 Å². The molecule has 0 radical (unpaired) electrons. The fourth-order valence-corrected chi connectivity index (χ4v) is 2.98. The number of nitro groups is 1. The van der Waals surface area contributed by atoms with E-state index in [2.05, 4.69) is 0 Å². The van der Waals surface area contributed by atoms with Crippen molar-refractivity contribution in [2.75, 3.05) is 6.61 Å². The van der Waals surface area contributed by atoms with Crippen LogP contribution in [0.1, 0.15) is 22.8 Å². The van der Waals surface area contributed by atoms with Gasteiger partial charge in [-0.05, 0) is 48.0 Å². The lowest BCUT2D eigenvalue weighted by Crippen LogP contribution is -1.98. The number of benzene rings is 3. The Morgan fingerprint density at radius 3 is 2.70 bits per heavy atom. The predicted octanol–water partition coefficient (Wildman–Crippen LogP) is 5.70. The van der Waals surface area contributed by atoms with E-state index < -0.39 is 4.92 Å². The van der Waals surface area contributed by atoms with E-state index in [1.54, 1.807) is 6.08 Å². The molecule has 0 bridgehead atoms. The molecule has 0 fully saturated rings. The van der Waals surface area contributed by atoms with Gasteiger partial charge in [-0.2, -0.15) is 0 Å². The van der Waals surface area contributed by atoms with Gasteiger partial charge in [0.15, 0.2) is 5.78 Å². The molecule has 5 nitrogen and oxygen atoms in total. The first-order chi connectivity index (χ1) is 13.0. The molecular weight excluding hydrogens is 366 g/mol. The second-order valence-electron chi connectivity index (χ2n) is 5.75. The SMILES string of the molecule is CCOc1ccc2ccccc2c1/C=C/C(=O)c1ccc(Cl)c([N+](=O)[O-])c1. The van der Waals surface area contributed by atoms with Crippen LogP contribution in [0.4, 0.5) is 5.69 Å². The fourth-order valence-electron chi connectivity index (χ4n) is 2.79. The van der Waals surface area contributed by atoms with Gasteiger partial charge in [-0.1, -0.05) is 41.9 Å². The monoisotopic (exact) mass is 381 g/mol. The van der Waals surface area contributed by atoms with E-state index >= 15 is 0 Å². The third kappa shape index (κ3) is 3.99. The Balaban J connectivity index is 2.00. The molecule has 0 heterocycles. The van der Waals surface area contributed by atoms with Crippen molar-refractivity contribution in [2.45, 2.75) is 6.92 Å². The molecule has 0 aliphatic rings. The van der Waals surface area contributed by atoms with Crippen LogP contribution in [0.3, 0.4) is 0 Å². The van der Waals surface area contributed by atoms with Crippen molar-refractivity contribution in [1.82, 2.24) is 0 Å². The van der Waals surface area contributed by atoms with Gasteiger partial charge in [-0.15, -0.1) is 0 Å². The Bertz CT molecular complexity index is 1060. The maximum absolute atomic E-state index is 12.5. The van der Waals surface area contributed by atoms with Crippen LogP contribution >= 0.6 is 11.6 Å². The first-order valence-electron chi connectivity index (χ1n) is 8.32. The van der Waals surface area contributed by atoms with Gasteiger partial charge >= 0.3 is 0 Å². The maximum Gasteiger partial charge on any atom is 0.288 e. The lowest BCUT2D eigenvalue weighted by Gasteiger charge is -2.10. The van der Waals surface area contributed by atoms with Gasteiger partial charge in [-0.3, -0.25) is 14.9 Å². The van der Waals surface area contributed by atoms with E-state index in [0.29, 0.717) is 12.4 Å². The summed E-state index contributed by atoms with van der Waals surface area (Å²) in [5, 5.41) is 13.0. The molecule has 0 aliphatic carbocycles. The molecular formula is C21H16ClNO4. The summed E-state index contributed by atoms with van der Waals surface area (Å²) in [5.74, 6) is 0.312. The molecule has 136 valence electrons. The zero-order valence-electron chi connectivity index (χ0n) is 14.5. The largest absolute Gasteiger partial charge is 0.493 e. The van der Waals surface area contributed by atoms with E-state index in [-0.39, 0.29) is 22.1 Å². The van der Waals surface area contributed by atoms with Gasteiger partial charge in [0.05, 0.1) is 11.5 Å². The Morgan fingerprint density at radius 1 is 1.19 bits per heavy atom. The van der Waals surface area contributed by atoms with Crippen LogP contribution < -0.4 is 4.74 Å². The van der Waals surface area contributed by atoms with Crippen LogP contribution in [0.5, 0.6) is 5.75 Å². The minimum atomic E-state index is -0.610. The number of hydrogen-bond acceptors (Lipinski definition) is 4. The zero-order valence-corrected chi connectivity index (χ0v) is 15.3. The molecule has 3 aromatic carbocycles. The van der Waals surface area contributed by atoms with Crippen molar-refractivity contribution in [1.29, 1.82) is 0 Å². The molecule has 3 aromatic rings. The normalized spacial score (nSPS) is 11.0. The predicted molar refractivity (Wildman–Crippen MR) is 107 cm³/mol. The Morgan fingerprint density at radius 2 is 1.96 bits per heavy atom. The third-order valence-electron chi connectivity index (χ3n) is 4.06. The number of halogens is 1. The van der Waals surface area contributed by atoms with Gasteiger partial charge in [0.2, 0.25) is 0 Å². The average Bonchev–Trinajstić information content (AvgIpc) is 2.67. The van der Waals surface area contributed by atoms with Crippen molar-refractivity contribution in [3.63, 3.8) is 0 Å². The highest BCUT2D eigenvalue weighted by molar-refractivity contribution is 6.32. The maximum atomic E-state index is 12.5. The van der Waals surface area contributed by atoms with E-state index in [0.717, 1.165) is 16.3 Å². The number of allylic oxidation sites excluding steroid dienone is 1. The summed E-state index contributed by atoms with van der Waals surface area (Å²) in [6, 6.07) is 15.6. The van der Waals surface area contributed by atoms with Crippen LogP contribution in [0.2, 0.25) is 5.02 Å². The number of nitrogens with zero attached hydrogens (tertiary/aromatic N) is 1. The van der Waals surface area contributed by atoms with Crippen LogP contribution in [0.15, 0.2) is 60.7 Å². The Labute approximate surface area is 161 Å². The summed E-state index contributed by atoms with van der Waals surface area (Å²) in [4.78, 5) is 22.9. The van der Waals surface area contributed by atoms with Crippen molar-refractivity contribution < 1.29 is 14.5 Å². The molecule has 0 saturated heterocycles. The molecule has 3 rings (SSSR count). The number of nitro benzene ring substituents is 1. The van der Waals surface area contributed by atoms with Gasteiger partial charge in [0.1, 0.15) is 10.8 Å². The zero-order chi connectivity index (χ0) is 19.4. The quantitative estimate of drug-likeness (QED) is 0.238. The van der Waals surface area contributed by atoms with Crippen molar-refractivity contribution >= 4 is 39.9 Å². The second kappa shape index (κ2) is 8.01. The van der Waals surface area contributed by atoms with E-state index in [1.165, 1.54) is 24.3 Å². The minimum Gasteiger partial charge on any atom is -0.493 e. The molecule has 0 N–H and O–H groups in total. The number of hydrogen-bond donors (Lipinski definition) is 0. The van der Waals surface area contributed by atoms with E-state index in [1.807, 2.05) is 43.3 Å². The lowest BCUT2D eigenvalue weighted by molar-refractivity contribution is -0.384. The number of rotatable bonds is 6. The molecule has 0 saturated carbocycles. The molecule has 0 aromatic heterocycles. The standard InChI is InChI=1S/C21H16ClNO4/c1-2-27-21-12-8-14-5-3-4-6-16(14)17(21)9-11-20(24)15-7-10-18(22)19(13-15)23(25)26/h3-13H,2H2,1H3/b11-9+. The molecule has 0 amide bonds. The fraction of sp³-hybridized carbons (Fsp3) is 0.0952. The third-order valence-corrected chi connectivity index (χ3v) is 4.38. The van der Waals surface area contributed by atoms with Crippen molar-refractivity contribution in [3.8, 4) is 5.75 Å². The molecule has 0 aliphatic heterocycles. The first kappa shape index (κ1) is 18.6. The molecule has 0 atom stereocenters. The molecule has 27 heavy (non-hydrogen) atoms. The smallest absolute Gasteiger partial charge is 0.288 e. The lowest BCUT2D eigenvalue weighted by atomic mass is 10.0. The van der Waals surface area contributed by atoms with Gasteiger partial charge in [-0.25, -0.2) is 0 Å². The number of ketones is 1. The van der Waals surface area contributed by atoms with E-state index in [9.17, 15) is 14.9 Å². The minimum absolute atomic E-state index is 0.00628. The number of fused-ring (bicyclic) bond motifs is 1. The Kier molecular flexibility index (Phi) is 5.52. The van der Waals surface area contributed by atoms with E-state index in [4.69, 9.17) is 16.3 Å². The number of carbonyl (C=O) groups excluding carboxylic acids is 1. The number of ether oxygens (including phenoxy) is 1. The molecule has 0 spiro atoms. The van der Waals surface area contributed by atoms with Crippen LogP contribution in [-0.4, -0.2) is 17.3 Å². The summed E-state index contributed by atoms with van der Waals surface area (Å²) >= 11 is 5.80. The van der Waals surface area contributed by atoms with Crippen LogP contribution in [-0.2, 0) is 0 Å². The van der Waals surface area contributed by atoms with Crippen molar-refractivity contribution in [3.05, 3.63) is 86.9 Å². The summed E-state index contributed by atoms with van der Waals surface area (Å²) < 4.78 is 5.68. The number of carbonyl (C=O) groups is 1.